The molecule has 0 aromatic heterocycles. The van der Waals surface area contributed by atoms with Crippen LogP contribution in [0.3, 0.4) is 0 Å². The number of hydrogen-bond donors (Lipinski definition) is 0. The number of aliphatic carboxylic acids is 1. The van der Waals surface area contributed by atoms with Crippen LogP contribution in [0.2, 0.25) is 0 Å². The summed E-state index contributed by atoms with van der Waals surface area (Å²) < 4.78 is 0. The van der Waals surface area contributed by atoms with E-state index in [9.17, 15) is 14.7 Å². The summed E-state index contributed by atoms with van der Waals surface area (Å²) in [7, 11) is 3.65. The molecule has 29 heavy (non-hydrogen) atoms. The maximum atomic E-state index is 12.3. The molecule has 0 N–H and O–H groups in total. The molecule has 0 aliphatic heterocycles. The van der Waals surface area contributed by atoms with Gasteiger partial charge in [-0.2, -0.15) is 0 Å². The number of rotatable bonds is 21. The first-order chi connectivity index (χ1) is 14.0. The summed E-state index contributed by atoms with van der Waals surface area (Å²) in [6.07, 6.45) is 20.7. The molecule has 1 amide bonds. The van der Waals surface area contributed by atoms with E-state index in [4.69, 9.17) is 0 Å². The largest absolute Gasteiger partial charge is 0.550 e. The van der Waals surface area contributed by atoms with Crippen LogP contribution >= 0.6 is 0 Å². The monoisotopic (exact) mass is 411 g/mol. The van der Waals surface area contributed by atoms with Crippen molar-refractivity contribution >= 4 is 11.9 Å². The van der Waals surface area contributed by atoms with Gasteiger partial charge < -0.3 is 9.90 Å². The molecule has 0 unspecified atom stereocenters. The lowest BCUT2D eigenvalue weighted by Gasteiger charge is -2.29. The number of unbranched alkanes of at least 4 members (excludes halogenated alkanes) is 14. The highest BCUT2D eigenvalue weighted by molar-refractivity contribution is 5.75. The fourth-order valence-electron chi connectivity index (χ4n) is 3.70. The van der Waals surface area contributed by atoms with Crippen molar-refractivity contribution in [1.82, 2.24) is 10.0 Å². The normalized spacial score (nSPS) is 11.2. The Bertz CT molecular complexity index is 400. The van der Waals surface area contributed by atoms with E-state index in [0.29, 0.717) is 19.4 Å². The van der Waals surface area contributed by atoms with Gasteiger partial charge in [-0.1, -0.05) is 96.8 Å². The molecule has 0 rings (SSSR count). The molecule has 0 heterocycles. The van der Waals surface area contributed by atoms with Gasteiger partial charge in [-0.25, -0.2) is 5.01 Å². The van der Waals surface area contributed by atoms with E-state index in [1.165, 1.54) is 83.5 Å². The van der Waals surface area contributed by atoms with Gasteiger partial charge in [0.15, 0.2) is 0 Å². The summed E-state index contributed by atoms with van der Waals surface area (Å²) in [6.45, 7) is 2.71. The van der Waals surface area contributed by atoms with Crippen LogP contribution in [0.5, 0.6) is 0 Å². The summed E-state index contributed by atoms with van der Waals surface area (Å²) in [5, 5.41) is 13.9. The molecule has 0 aliphatic carbocycles. The molecule has 5 heteroatoms. The van der Waals surface area contributed by atoms with Crippen LogP contribution in [0, 0.1) is 0 Å². The molecule has 0 fully saturated rings. The second-order valence-corrected chi connectivity index (χ2v) is 8.54. The third-order valence-corrected chi connectivity index (χ3v) is 5.52. The first-order valence-electron chi connectivity index (χ1n) is 12.2. The summed E-state index contributed by atoms with van der Waals surface area (Å²) in [4.78, 5) is 22.8. The Labute approximate surface area is 180 Å². The fourth-order valence-corrected chi connectivity index (χ4v) is 3.70. The highest BCUT2D eigenvalue weighted by Crippen LogP contribution is 2.14. The molecule has 0 aliphatic rings. The van der Waals surface area contributed by atoms with Crippen molar-refractivity contribution in [1.29, 1.82) is 0 Å². The highest BCUT2D eigenvalue weighted by Gasteiger charge is 2.14. The predicted molar refractivity (Wildman–Crippen MR) is 119 cm³/mol. The Hall–Kier alpha value is -1.10. The van der Waals surface area contributed by atoms with Crippen molar-refractivity contribution in [2.24, 2.45) is 0 Å². The highest BCUT2D eigenvalue weighted by atomic mass is 16.4. The van der Waals surface area contributed by atoms with Gasteiger partial charge in [0.2, 0.25) is 5.91 Å². The van der Waals surface area contributed by atoms with Crippen LogP contribution in [0.1, 0.15) is 122 Å². The number of carboxylic acids is 1. The Morgan fingerprint density at radius 3 is 1.41 bits per heavy atom. The third-order valence-electron chi connectivity index (χ3n) is 5.52. The molecule has 0 spiro atoms. The zero-order valence-corrected chi connectivity index (χ0v) is 19.6. The molecule has 0 aromatic rings. The van der Waals surface area contributed by atoms with Gasteiger partial charge in [-0.05, 0) is 19.3 Å². The van der Waals surface area contributed by atoms with E-state index in [1.54, 1.807) is 10.0 Å². The van der Waals surface area contributed by atoms with Crippen LogP contribution in [0.4, 0.5) is 0 Å². The van der Waals surface area contributed by atoms with E-state index in [2.05, 4.69) is 6.92 Å². The van der Waals surface area contributed by atoms with Gasteiger partial charge in [-0.3, -0.25) is 9.80 Å². The Kier molecular flexibility index (Phi) is 19.4. The van der Waals surface area contributed by atoms with Gasteiger partial charge in [0.05, 0.1) is 0 Å². The number of hydrazine groups is 1. The van der Waals surface area contributed by atoms with Crippen molar-refractivity contribution in [3.63, 3.8) is 0 Å². The maximum absolute atomic E-state index is 12.3. The first kappa shape index (κ1) is 27.9. The standard InChI is InChI=1S/C24H48N2O3/c1-4-5-6-7-8-9-10-11-12-13-14-15-16-17-18-20-23(27)26(25(2)3)22-19-21-24(28)29/h4-22H2,1-3H3,(H,28,29)/p-1. The van der Waals surface area contributed by atoms with E-state index >= 15 is 0 Å². The molecule has 0 atom stereocenters. The average Bonchev–Trinajstić information content (AvgIpc) is 2.67. The van der Waals surface area contributed by atoms with Gasteiger partial charge in [0.1, 0.15) is 0 Å². The van der Waals surface area contributed by atoms with Crippen LogP contribution in [0.25, 0.3) is 0 Å². The lowest BCUT2D eigenvalue weighted by atomic mass is 10.0. The van der Waals surface area contributed by atoms with E-state index in [0.717, 1.165) is 12.8 Å². The van der Waals surface area contributed by atoms with E-state index in [-0.39, 0.29) is 12.3 Å². The molecular formula is C24H47N2O3-. The zero-order chi connectivity index (χ0) is 21.7. The third kappa shape index (κ3) is 18.7. The molecule has 5 nitrogen and oxygen atoms in total. The van der Waals surface area contributed by atoms with Crippen LogP contribution in [-0.2, 0) is 9.59 Å². The molecular weight excluding hydrogens is 364 g/mol. The molecule has 0 bridgehead atoms. The second-order valence-electron chi connectivity index (χ2n) is 8.54. The molecule has 0 radical (unpaired) electrons. The fraction of sp³-hybridized carbons (Fsp3) is 0.917. The predicted octanol–water partition coefficient (Wildman–Crippen LogP) is 5.08. The quantitative estimate of drug-likeness (QED) is 0.195. The van der Waals surface area contributed by atoms with Gasteiger partial charge in [0, 0.05) is 33.0 Å². The zero-order valence-electron chi connectivity index (χ0n) is 19.6. The van der Waals surface area contributed by atoms with Crippen LogP contribution in [0.15, 0.2) is 0 Å². The van der Waals surface area contributed by atoms with Crippen molar-refractivity contribution in [2.45, 2.75) is 122 Å². The SMILES string of the molecule is CCCCCCCCCCCCCCCCCC(=O)N(CCCC(=O)[O-])N(C)C. The van der Waals surface area contributed by atoms with Crippen LogP contribution < -0.4 is 5.11 Å². The number of carbonyl (C=O) groups excluding carboxylic acids is 2. The Morgan fingerprint density at radius 1 is 0.621 bits per heavy atom. The minimum absolute atomic E-state index is 0.00339. The van der Waals surface area contributed by atoms with Crippen molar-refractivity contribution < 1.29 is 14.7 Å². The number of amides is 1. The second kappa shape index (κ2) is 20.2. The number of carbonyl (C=O) groups is 2. The lowest BCUT2D eigenvalue weighted by molar-refractivity contribution is -0.305. The van der Waals surface area contributed by atoms with Gasteiger partial charge in [0.25, 0.3) is 0 Å². The molecule has 0 aromatic carbocycles. The first-order valence-corrected chi connectivity index (χ1v) is 12.2. The summed E-state index contributed by atoms with van der Waals surface area (Å²) in [6, 6.07) is 0. The van der Waals surface area contributed by atoms with E-state index in [1.807, 2.05) is 14.1 Å². The summed E-state index contributed by atoms with van der Waals surface area (Å²) in [5.74, 6) is -0.971. The van der Waals surface area contributed by atoms with Gasteiger partial charge in [-0.15, -0.1) is 0 Å². The molecule has 0 saturated carbocycles. The van der Waals surface area contributed by atoms with Crippen molar-refractivity contribution in [2.75, 3.05) is 20.6 Å². The number of carboxylic acid groups (broad SMARTS) is 1. The number of hydrogen-bond acceptors (Lipinski definition) is 4. The van der Waals surface area contributed by atoms with Crippen molar-refractivity contribution in [3.05, 3.63) is 0 Å². The Morgan fingerprint density at radius 2 is 1.03 bits per heavy atom. The molecule has 0 saturated heterocycles. The Balaban J connectivity index is 3.49. The summed E-state index contributed by atoms with van der Waals surface area (Å²) >= 11 is 0. The lowest BCUT2D eigenvalue weighted by Crippen LogP contribution is -2.42. The van der Waals surface area contributed by atoms with Crippen molar-refractivity contribution in [3.8, 4) is 0 Å². The smallest absolute Gasteiger partial charge is 0.236 e. The minimum Gasteiger partial charge on any atom is -0.550 e. The van der Waals surface area contributed by atoms with Gasteiger partial charge >= 0.3 is 0 Å². The van der Waals surface area contributed by atoms with E-state index < -0.39 is 5.97 Å². The van der Waals surface area contributed by atoms with Crippen LogP contribution in [-0.4, -0.2) is 42.5 Å². The maximum Gasteiger partial charge on any atom is 0.236 e. The summed E-state index contributed by atoms with van der Waals surface area (Å²) in [5.41, 5.74) is 0. The minimum atomic E-state index is -1.06. The number of nitrogens with zero attached hydrogens (tertiary/aromatic N) is 2. The average molecular weight is 412 g/mol. The topological polar surface area (TPSA) is 63.7 Å². The molecule has 172 valence electrons.